The number of unbranched alkanes of at least 4 members (excludes halogenated alkanes) is 2. The lowest BCUT2D eigenvalue weighted by Crippen LogP contribution is -2.65. The summed E-state index contributed by atoms with van der Waals surface area (Å²) in [4.78, 5) is 17.8. The van der Waals surface area contributed by atoms with Gasteiger partial charge in [-0.25, -0.2) is 0 Å². The molecule has 1 amide bonds. The van der Waals surface area contributed by atoms with E-state index in [1.54, 1.807) is 12.1 Å². The molecule has 2 aliphatic carbocycles. The van der Waals surface area contributed by atoms with Gasteiger partial charge in [-0.3, -0.25) is 4.79 Å². The molecule has 1 aromatic rings. The van der Waals surface area contributed by atoms with E-state index in [9.17, 15) is 9.90 Å². The molecule has 1 heterocycles. The molecule has 5 atom stereocenters. The Morgan fingerprint density at radius 1 is 1.11 bits per heavy atom. The minimum absolute atomic E-state index is 0.00778. The summed E-state index contributed by atoms with van der Waals surface area (Å²) in [5, 5.41) is 10.9. The third kappa shape index (κ3) is 4.76. The molecular weight excluding hydrogens is 460 g/mol. The molecule has 0 aromatic heterocycles. The average Bonchev–Trinajstić information content (AvgIpc) is 3.28. The normalized spacial score (nSPS) is 28.7. The molecule has 1 N–H and O–H groups in total. The van der Waals surface area contributed by atoms with Crippen molar-refractivity contribution < 1.29 is 14.6 Å². The third-order valence-electron chi connectivity index (χ3n) is 9.34. The number of hydrogen-bond donors (Lipinski definition) is 1. The van der Waals surface area contributed by atoms with Crippen LogP contribution in [0.25, 0.3) is 0 Å². The van der Waals surface area contributed by atoms with Crippen LogP contribution >= 0.6 is 0 Å². The number of benzene rings is 1. The minimum atomic E-state index is -0.202. The van der Waals surface area contributed by atoms with Crippen molar-refractivity contribution in [3.63, 3.8) is 0 Å². The van der Waals surface area contributed by atoms with Gasteiger partial charge in [0.25, 0.3) is 0 Å². The second-order valence-electron chi connectivity index (χ2n) is 11.2. The number of likely N-dealkylation sites (N-methyl/N-ethyl adjacent to an activating group) is 2. The quantitative estimate of drug-likeness (QED) is 0.234. The number of carbonyl (C=O) groups is 1. The number of nitrogens with zero attached hydrogens (tertiary/aromatic N) is 2. The van der Waals surface area contributed by atoms with Crippen molar-refractivity contribution in [1.82, 2.24) is 9.80 Å². The van der Waals surface area contributed by atoms with E-state index in [-0.39, 0.29) is 29.2 Å². The fraction of sp³-hybridized carbons (Fsp3) is 0.594. The molecule has 0 bridgehead atoms. The van der Waals surface area contributed by atoms with Crippen LogP contribution in [0.3, 0.4) is 0 Å². The summed E-state index contributed by atoms with van der Waals surface area (Å²) in [6.45, 7) is 9.58. The summed E-state index contributed by atoms with van der Waals surface area (Å²) in [5.41, 5.74) is 3.33. The van der Waals surface area contributed by atoms with Gasteiger partial charge in [0.05, 0.1) is 6.04 Å². The highest BCUT2D eigenvalue weighted by Gasteiger charge is 2.63. The molecule has 4 rings (SSSR count). The van der Waals surface area contributed by atoms with Crippen molar-refractivity contribution >= 4 is 5.91 Å². The standard InChI is InChI=1S/C32H46N2O3/c1-7-11-12-20-33(5)26-21-23-15-18-27(35)30-29(23)32(10-4)24(26)16-17-25(31(32)37-30)34(6)28(36)19-14-22(9-3)13-8-2/h8-9,13-15,18-19,24-26,31,35H,7,10-12,16-17,20-21H2,1-6H3/b13-8-,19-14+,22-9+/t24?,25-,26?,31?,32+/m0/s1. The molecule has 202 valence electrons. The Kier molecular flexibility index (Phi) is 8.52. The van der Waals surface area contributed by atoms with Crippen molar-refractivity contribution in [1.29, 1.82) is 0 Å². The van der Waals surface area contributed by atoms with E-state index >= 15 is 0 Å². The Balaban J connectivity index is 1.69. The summed E-state index contributed by atoms with van der Waals surface area (Å²) in [6, 6.07) is 4.30. The van der Waals surface area contributed by atoms with Crippen LogP contribution in [0.5, 0.6) is 11.5 Å². The Bertz CT molecular complexity index is 1070. The predicted octanol–water partition coefficient (Wildman–Crippen LogP) is 6.16. The van der Waals surface area contributed by atoms with Crippen LogP contribution in [-0.2, 0) is 16.6 Å². The van der Waals surface area contributed by atoms with Crippen LogP contribution in [0.4, 0.5) is 0 Å². The maximum atomic E-state index is 13.3. The van der Waals surface area contributed by atoms with Crippen LogP contribution in [0.15, 0.2) is 48.1 Å². The number of phenols is 1. The molecule has 5 heteroatoms. The molecule has 0 radical (unpaired) electrons. The summed E-state index contributed by atoms with van der Waals surface area (Å²) >= 11 is 0. The molecule has 1 saturated carbocycles. The fourth-order valence-corrected chi connectivity index (χ4v) is 7.43. The SMILES string of the molecule is C\C=C/C(/C=C/C(=O)N(C)[C@H]1CCC2C(N(C)CCCCC)Cc3ccc(O)c4c3[C@]2(CC)C1O4)=C\C. The van der Waals surface area contributed by atoms with Gasteiger partial charge in [-0.05, 0) is 88.7 Å². The Morgan fingerprint density at radius 3 is 2.57 bits per heavy atom. The predicted molar refractivity (Wildman–Crippen MR) is 151 cm³/mol. The second-order valence-corrected chi connectivity index (χ2v) is 11.2. The minimum Gasteiger partial charge on any atom is -0.504 e. The number of phenolic OH excluding ortho intramolecular Hbond substituents is 1. The van der Waals surface area contributed by atoms with Crippen LogP contribution in [-0.4, -0.2) is 59.6 Å². The summed E-state index contributed by atoms with van der Waals surface area (Å²) < 4.78 is 6.71. The average molecular weight is 507 g/mol. The van der Waals surface area contributed by atoms with Gasteiger partial charge in [0.2, 0.25) is 5.91 Å². The van der Waals surface area contributed by atoms with Crippen LogP contribution in [0, 0.1) is 5.92 Å². The highest BCUT2D eigenvalue weighted by molar-refractivity contribution is 5.88. The molecule has 0 spiro atoms. The lowest BCUT2D eigenvalue weighted by Gasteiger charge is -2.56. The Labute approximate surface area is 223 Å². The van der Waals surface area contributed by atoms with Gasteiger partial charge < -0.3 is 19.6 Å². The molecule has 1 aromatic carbocycles. The summed E-state index contributed by atoms with van der Waals surface area (Å²) in [5.74, 6) is 1.32. The maximum absolute atomic E-state index is 13.3. The van der Waals surface area contributed by atoms with E-state index in [0.29, 0.717) is 17.7 Å². The zero-order valence-electron chi connectivity index (χ0n) is 23.7. The first kappa shape index (κ1) is 27.5. The van der Waals surface area contributed by atoms with Crippen LogP contribution in [0.2, 0.25) is 0 Å². The van der Waals surface area contributed by atoms with Crippen molar-refractivity contribution in [2.75, 3.05) is 20.6 Å². The zero-order valence-corrected chi connectivity index (χ0v) is 23.7. The lowest BCUT2D eigenvalue weighted by molar-refractivity contribution is -0.132. The number of allylic oxidation sites excluding steroid dienone is 5. The van der Waals surface area contributed by atoms with E-state index in [0.717, 1.165) is 37.8 Å². The van der Waals surface area contributed by atoms with Gasteiger partial charge in [0, 0.05) is 30.1 Å². The number of aromatic hydroxyl groups is 1. The number of hydrogen-bond acceptors (Lipinski definition) is 4. The van der Waals surface area contributed by atoms with Gasteiger partial charge in [0.15, 0.2) is 11.5 Å². The van der Waals surface area contributed by atoms with Gasteiger partial charge in [-0.2, -0.15) is 0 Å². The van der Waals surface area contributed by atoms with Crippen molar-refractivity contribution in [3.05, 3.63) is 59.2 Å². The number of carbonyl (C=O) groups excluding carboxylic acids is 1. The summed E-state index contributed by atoms with van der Waals surface area (Å²) in [6.07, 6.45) is 17.0. The molecule has 3 unspecified atom stereocenters. The monoisotopic (exact) mass is 506 g/mol. The maximum Gasteiger partial charge on any atom is 0.246 e. The first-order valence-electron chi connectivity index (χ1n) is 14.3. The first-order chi connectivity index (χ1) is 17.8. The molecule has 5 nitrogen and oxygen atoms in total. The van der Waals surface area contributed by atoms with Crippen molar-refractivity contribution in [2.24, 2.45) is 5.92 Å². The van der Waals surface area contributed by atoms with Gasteiger partial charge in [0.1, 0.15) is 6.10 Å². The van der Waals surface area contributed by atoms with Crippen molar-refractivity contribution in [2.45, 2.75) is 96.2 Å². The second kappa shape index (κ2) is 11.5. The molecule has 0 saturated heterocycles. The number of rotatable bonds is 10. The van der Waals surface area contributed by atoms with E-state index in [2.05, 4.69) is 31.9 Å². The van der Waals surface area contributed by atoms with Crippen molar-refractivity contribution in [3.8, 4) is 11.5 Å². The number of amides is 1. The lowest BCUT2D eigenvalue weighted by atomic mass is 9.52. The molecular formula is C32H46N2O3. The van der Waals surface area contributed by atoms with Crippen LogP contribution in [0.1, 0.15) is 77.3 Å². The molecule has 3 aliphatic rings. The third-order valence-corrected chi connectivity index (χ3v) is 9.34. The molecule has 37 heavy (non-hydrogen) atoms. The van der Waals surface area contributed by atoms with Crippen LogP contribution < -0.4 is 4.74 Å². The topological polar surface area (TPSA) is 53.0 Å². The molecule has 1 aliphatic heterocycles. The van der Waals surface area contributed by atoms with E-state index < -0.39 is 0 Å². The Hall–Kier alpha value is -2.53. The Morgan fingerprint density at radius 2 is 1.89 bits per heavy atom. The smallest absolute Gasteiger partial charge is 0.246 e. The van der Waals surface area contributed by atoms with E-state index in [4.69, 9.17) is 4.74 Å². The number of ether oxygens (including phenoxy) is 1. The first-order valence-corrected chi connectivity index (χ1v) is 14.3. The summed E-state index contributed by atoms with van der Waals surface area (Å²) in [7, 11) is 4.20. The largest absolute Gasteiger partial charge is 0.504 e. The highest BCUT2D eigenvalue weighted by Crippen LogP contribution is 2.62. The van der Waals surface area contributed by atoms with Gasteiger partial charge in [-0.1, -0.05) is 51.0 Å². The molecule has 1 fully saturated rings. The highest BCUT2D eigenvalue weighted by atomic mass is 16.5. The zero-order chi connectivity index (χ0) is 26.7. The van der Waals surface area contributed by atoms with Gasteiger partial charge >= 0.3 is 0 Å². The fourth-order valence-electron chi connectivity index (χ4n) is 7.43. The van der Waals surface area contributed by atoms with E-state index in [1.165, 1.54) is 30.4 Å². The van der Waals surface area contributed by atoms with E-state index in [1.807, 2.05) is 50.1 Å². The van der Waals surface area contributed by atoms with Gasteiger partial charge in [-0.15, -0.1) is 0 Å².